The summed E-state index contributed by atoms with van der Waals surface area (Å²) in [4.78, 5) is 2.31. The maximum Gasteiger partial charge on any atom is 0.297 e. The quantitative estimate of drug-likeness (QED) is 0.763. The molecule has 1 unspecified atom stereocenters. The number of aryl methyl sites for hydroxylation is 1. The van der Waals surface area contributed by atoms with Gasteiger partial charge in [0.15, 0.2) is 0 Å². The van der Waals surface area contributed by atoms with E-state index in [2.05, 4.69) is 4.90 Å². The molecule has 1 aromatic carbocycles. The molecule has 0 aromatic heterocycles. The van der Waals surface area contributed by atoms with Crippen LogP contribution in [0.1, 0.15) is 12.0 Å². The average Bonchev–Trinajstić information content (AvgIpc) is 2.27. The van der Waals surface area contributed by atoms with E-state index in [1.807, 2.05) is 14.0 Å². The Hall–Kier alpha value is -0.910. The van der Waals surface area contributed by atoms with E-state index in [1.165, 1.54) is 0 Å². The molecule has 0 radical (unpaired) electrons. The van der Waals surface area contributed by atoms with Crippen LogP contribution in [0.3, 0.4) is 0 Å². The monoisotopic (exact) mass is 255 g/mol. The zero-order valence-electron chi connectivity index (χ0n) is 10.1. The lowest BCUT2D eigenvalue weighted by atomic mass is 10.1. The minimum atomic E-state index is -3.60. The summed E-state index contributed by atoms with van der Waals surface area (Å²) in [6.07, 6.45) is 1.000. The minimum Gasteiger partial charge on any atom is -0.301 e. The molecule has 1 saturated heterocycles. The third kappa shape index (κ3) is 2.86. The normalized spacial score (nSPS) is 21.2. The van der Waals surface area contributed by atoms with Crippen molar-refractivity contribution in [3.05, 3.63) is 29.8 Å². The molecular weight excluding hydrogens is 238 g/mol. The summed E-state index contributed by atoms with van der Waals surface area (Å²) in [5, 5.41) is 0. The summed E-state index contributed by atoms with van der Waals surface area (Å²) in [7, 11) is -1.63. The standard InChI is InChI=1S/C12H17NO3S/c1-10-3-5-12(6-4-10)17(14,15)16-9-11-7-8-13(11)2/h3-6,11H,7-9H2,1-2H3. The summed E-state index contributed by atoms with van der Waals surface area (Å²) in [5.41, 5.74) is 1.03. The molecule has 2 rings (SSSR count). The van der Waals surface area contributed by atoms with Crippen molar-refractivity contribution in [2.75, 3.05) is 20.2 Å². The number of hydrogen-bond acceptors (Lipinski definition) is 4. The van der Waals surface area contributed by atoms with Crippen molar-refractivity contribution >= 4 is 10.1 Å². The van der Waals surface area contributed by atoms with Gasteiger partial charge in [-0.3, -0.25) is 4.18 Å². The third-order valence-corrected chi connectivity index (χ3v) is 4.46. The SMILES string of the molecule is Cc1ccc(S(=O)(=O)OCC2CCN2C)cc1. The van der Waals surface area contributed by atoms with Gasteiger partial charge in [0.25, 0.3) is 10.1 Å². The van der Waals surface area contributed by atoms with Gasteiger partial charge in [-0.05, 0) is 39.1 Å². The van der Waals surface area contributed by atoms with Crippen LogP contribution in [-0.2, 0) is 14.3 Å². The minimum absolute atomic E-state index is 0.227. The summed E-state index contributed by atoms with van der Waals surface area (Å²) >= 11 is 0. The highest BCUT2D eigenvalue weighted by Gasteiger charge is 2.26. The van der Waals surface area contributed by atoms with Crippen LogP contribution < -0.4 is 0 Å². The molecule has 0 N–H and O–H groups in total. The summed E-state index contributed by atoms with van der Waals surface area (Å²) in [6, 6.07) is 6.93. The lowest BCUT2D eigenvalue weighted by molar-refractivity contribution is 0.0794. The van der Waals surface area contributed by atoms with Crippen LogP contribution in [0.15, 0.2) is 29.2 Å². The van der Waals surface area contributed by atoms with E-state index in [0.717, 1.165) is 18.5 Å². The zero-order chi connectivity index (χ0) is 12.5. The smallest absolute Gasteiger partial charge is 0.297 e. The van der Waals surface area contributed by atoms with E-state index in [4.69, 9.17) is 4.18 Å². The van der Waals surface area contributed by atoms with Crippen LogP contribution in [0.2, 0.25) is 0 Å². The van der Waals surface area contributed by atoms with Gasteiger partial charge in [-0.15, -0.1) is 0 Å². The molecule has 4 nitrogen and oxygen atoms in total. The Morgan fingerprint density at radius 1 is 1.35 bits per heavy atom. The van der Waals surface area contributed by atoms with Crippen molar-refractivity contribution in [1.82, 2.24) is 4.90 Å². The van der Waals surface area contributed by atoms with Crippen LogP contribution in [0, 0.1) is 6.92 Å². The fourth-order valence-electron chi connectivity index (χ4n) is 1.72. The molecule has 1 fully saturated rings. The molecule has 0 spiro atoms. The molecule has 1 aromatic rings. The second-order valence-electron chi connectivity index (χ2n) is 4.47. The molecule has 0 bridgehead atoms. The fraction of sp³-hybridized carbons (Fsp3) is 0.500. The number of likely N-dealkylation sites (tertiary alicyclic amines) is 1. The van der Waals surface area contributed by atoms with Crippen molar-refractivity contribution < 1.29 is 12.6 Å². The van der Waals surface area contributed by atoms with E-state index in [-0.39, 0.29) is 17.5 Å². The number of likely N-dealkylation sites (N-methyl/N-ethyl adjacent to an activating group) is 1. The Morgan fingerprint density at radius 3 is 2.47 bits per heavy atom. The number of benzene rings is 1. The molecule has 1 heterocycles. The van der Waals surface area contributed by atoms with E-state index >= 15 is 0 Å². The molecule has 17 heavy (non-hydrogen) atoms. The van der Waals surface area contributed by atoms with Gasteiger partial charge in [0, 0.05) is 6.04 Å². The van der Waals surface area contributed by atoms with Crippen molar-refractivity contribution in [2.45, 2.75) is 24.3 Å². The van der Waals surface area contributed by atoms with E-state index < -0.39 is 10.1 Å². The predicted molar refractivity (Wildman–Crippen MR) is 65.4 cm³/mol. The van der Waals surface area contributed by atoms with Crippen molar-refractivity contribution in [1.29, 1.82) is 0 Å². The maximum absolute atomic E-state index is 11.9. The second-order valence-corrected chi connectivity index (χ2v) is 6.09. The molecule has 1 aliphatic heterocycles. The molecule has 5 heteroatoms. The van der Waals surface area contributed by atoms with Gasteiger partial charge in [-0.25, -0.2) is 0 Å². The highest BCUT2D eigenvalue weighted by molar-refractivity contribution is 7.86. The molecule has 0 saturated carbocycles. The highest BCUT2D eigenvalue weighted by Crippen LogP contribution is 2.18. The highest BCUT2D eigenvalue weighted by atomic mass is 32.2. The van der Waals surface area contributed by atoms with Gasteiger partial charge in [0.1, 0.15) is 0 Å². The number of nitrogens with zero attached hydrogens (tertiary/aromatic N) is 1. The van der Waals surface area contributed by atoms with Crippen LogP contribution >= 0.6 is 0 Å². The lowest BCUT2D eigenvalue weighted by Crippen LogP contribution is -2.47. The first-order chi connectivity index (χ1) is 7.99. The molecule has 1 atom stereocenters. The first-order valence-electron chi connectivity index (χ1n) is 5.65. The molecule has 1 aliphatic rings. The van der Waals surface area contributed by atoms with Gasteiger partial charge < -0.3 is 4.90 Å². The average molecular weight is 255 g/mol. The molecule has 0 amide bonds. The van der Waals surface area contributed by atoms with Crippen LogP contribution in [0.5, 0.6) is 0 Å². The van der Waals surface area contributed by atoms with E-state index in [0.29, 0.717) is 0 Å². The first-order valence-corrected chi connectivity index (χ1v) is 7.06. The summed E-state index contributed by atoms with van der Waals surface area (Å²) in [6.45, 7) is 3.17. The maximum atomic E-state index is 11.9. The Labute approximate surface area is 102 Å². The molecule has 94 valence electrons. The number of hydrogen-bond donors (Lipinski definition) is 0. The van der Waals surface area contributed by atoms with Crippen molar-refractivity contribution in [3.63, 3.8) is 0 Å². The summed E-state index contributed by atoms with van der Waals surface area (Å²) < 4.78 is 28.8. The van der Waals surface area contributed by atoms with Crippen LogP contribution in [-0.4, -0.2) is 39.6 Å². The second kappa shape index (κ2) is 4.76. The first kappa shape index (κ1) is 12.5. The zero-order valence-corrected chi connectivity index (χ0v) is 10.9. The van der Waals surface area contributed by atoms with Gasteiger partial charge in [0.05, 0.1) is 11.5 Å². The molecule has 0 aliphatic carbocycles. The largest absolute Gasteiger partial charge is 0.301 e. The van der Waals surface area contributed by atoms with Crippen molar-refractivity contribution in [3.8, 4) is 0 Å². The fourth-order valence-corrected chi connectivity index (χ4v) is 2.66. The van der Waals surface area contributed by atoms with Gasteiger partial charge in [0.2, 0.25) is 0 Å². The Morgan fingerprint density at radius 2 is 2.00 bits per heavy atom. The predicted octanol–water partition coefficient (Wildman–Crippen LogP) is 1.40. The van der Waals surface area contributed by atoms with Gasteiger partial charge in [-0.1, -0.05) is 17.7 Å². The third-order valence-electron chi connectivity index (χ3n) is 3.16. The number of rotatable bonds is 4. The molecular formula is C12H17NO3S. The Balaban J connectivity index is 2.01. The summed E-state index contributed by atoms with van der Waals surface area (Å²) in [5.74, 6) is 0. The van der Waals surface area contributed by atoms with Gasteiger partial charge >= 0.3 is 0 Å². The van der Waals surface area contributed by atoms with E-state index in [9.17, 15) is 8.42 Å². The van der Waals surface area contributed by atoms with Gasteiger partial charge in [-0.2, -0.15) is 8.42 Å². The Bertz CT molecular complexity index is 481. The van der Waals surface area contributed by atoms with Crippen molar-refractivity contribution in [2.24, 2.45) is 0 Å². The van der Waals surface area contributed by atoms with E-state index in [1.54, 1.807) is 24.3 Å². The Kier molecular flexibility index (Phi) is 3.51. The topological polar surface area (TPSA) is 46.6 Å². The van der Waals surface area contributed by atoms with Crippen LogP contribution in [0.25, 0.3) is 0 Å². The van der Waals surface area contributed by atoms with Crippen LogP contribution in [0.4, 0.5) is 0 Å². The lowest BCUT2D eigenvalue weighted by Gasteiger charge is -2.37.